The molecule has 154 valence electrons. The molecule has 0 fully saturated rings. The van der Waals surface area contributed by atoms with Crippen molar-refractivity contribution in [1.82, 2.24) is 0 Å². The summed E-state index contributed by atoms with van der Waals surface area (Å²) in [6.07, 6.45) is 0. The number of sulfonamides is 1. The molecule has 0 aliphatic carbocycles. The Hall–Kier alpha value is -2.36. The van der Waals surface area contributed by atoms with Gasteiger partial charge in [-0.25, -0.2) is 13.2 Å². The summed E-state index contributed by atoms with van der Waals surface area (Å²) in [5.74, 6) is -0.154. The zero-order chi connectivity index (χ0) is 21.2. The second-order valence-electron chi connectivity index (χ2n) is 6.38. The minimum absolute atomic E-state index is 0.108. The van der Waals surface area contributed by atoms with Gasteiger partial charge in [0.1, 0.15) is 23.5 Å². The van der Waals surface area contributed by atoms with E-state index in [4.69, 9.17) is 13.9 Å². The summed E-state index contributed by atoms with van der Waals surface area (Å²) < 4.78 is 44.6. The van der Waals surface area contributed by atoms with Gasteiger partial charge in [0, 0.05) is 17.0 Å². The number of fused-ring (bicyclic) bond motifs is 1. The summed E-state index contributed by atoms with van der Waals surface area (Å²) >= 11 is 3.29. The van der Waals surface area contributed by atoms with Gasteiger partial charge in [-0.3, -0.25) is 4.72 Å². The van der Waals surface area contributed by atoms with Gasteiger partial charge >= 0.3 is 5.97 Å². The summed E-state index contributed by atoms with van der Waals surface area (Å²) in [6, 6.07) is 9.58. The molecule has 0 atom stereocenters. The van der Waals surface area contributed by atoms with Crippen molar-refractivity contribution in [3.8, 4) is 0 Å². The summed E-state index contributed by atoms with van der Waals surface area (Å²) in [6.45, 7) is 3.80. The lowest BCUT2D eigenvalue weighted by atomic mass is 10.1. The van der Waals surface area contributed by atoms with Crippen LogP contribution in [-0.2, 0) is 19.5 Å². The number of anilines is 1. The molecule has 0 aliphatic heterocycles. The summed E-state index contributed by atoms with van der Waals surface area (Å²) in [4.78, 5) is 12.6. The van der Waals surface area contributed by atoms with Gasteiger partial charge in [0.15, 0.2) is 0 Å². The Labute approximate surface area is 177 Å². The van der Waals surface area contributed by atoms with E-state index in [9.17, 15) is 13.2 Å². The molecule has 0 bridgehead atoms. The molecule has 0 unspecified atom stereocenters. The fourth-order valence-electron chi connectivity index (χ4n) is 2.84. The first-order valence-electron chi connectivity index (χ1n) is 8.71. The fourth-order valence-corrected chi connectivity index (χ4v) is 4.22. The van der Waals surface area contributed by atoms with Gasteiger partial charge in [0.05, 0.1) is 17.2 Å². The van der Waals surface area contributed by atoms with Gasteiger partial charge in [0.2, 0.25) is 0 Å². The van der Waals surface area contributed by atoms with Crippen LogP contribution in [0.2, 0.25) is 0 Å². The molecule has 9 heteroatoms. The zero-order valence-electron chi connectivity index (χ0n) is 16.1. The number of hydrogen-bond acceptors (Lipinski definition) is 6. The number of rotatable bonds is 7. The first kappa shape index (κ1) is 21.4. The largest absolute Gasteiger partial charge is 0.460 e. The van der Waals surface area contributed by atoms with Crippen molar-refractivity contribution >= 4 is 48.6 Å². The van der Waals surface area contributed by atoms with Crippen molar-refractivity contribution in [3.63, 3.8) is 0 Å². The second kappa shape index (κ2) is 8.56. The van der Waals surface area contributed by atoms with E-state index in [1.54, 1.807) is 38.1 Å². The van der Waals surface area contributed by atoms with E-state index in [2.05, 4.69) is 20.7 Å². The van der Waals surface area contributed by atoms with Crippen molar-refractivity contribution in [2.45, 2.75) is 18.7 Å². The van der Waals surface area contributed by atoms with Crippen LogP contribution in [-0.4, -0.2) is 34.7 Å². The molecule has 7 nitrogen and oxygen atoms in total. The van der Waals surface area contributed by atoms with Crippen molar-refractivity contribution in [1.29, 1.82) is 0 Å². The topological polar surface area (TPSA) is 94.8 Å². The van der Waals surface area contributed by atoms with Gasteiger partial charge in [0.25, 0.3) is 10.0 Å². The predicted molar refractivity (Wildman–Crippen MR) is 113 cm³/mol. The van der Waals surface area contributed by atoms with Gasteiger partial charge in [-0.05, 0) is 55.8 Å². The van der Waals surface area contributed by atoms with Gasteiger partial charge in [-0.15, -0.1) is 0 Å². The minimum atomic E-state index is -3.80. The van der Waals surface area contributed by atoms with Crippen LogP contribution in [0.15, 0.2) is 50.2 Å². The van der Waals surface area contributed by atoms with Crippen LogP contribution in [0.4, 0.5) is 5.69 Å². The Balaban J connectivity index is 1.98. The van der Waals surface area contributed by atoms with Gasteiger partial charge in [-0.1, -0.05) is 15.9 Å². The molecule has 0 spiro atoms. The molecule has 1 heterocycles. The standard InChI is InChI=1S/C20H20BrNO6S/c1-12-10-18-16(19(13(2)28-18)20(23)27-9-8-26-3)11-17(12)22-29(24,25)15-6-4-14(21)5-7-15/h4-7,10-11,22H,8-9H2,1-3H3. The molecule has 1 N–H and O–H groups in total. The quantitative estimate of drug-likeness (QED) is 0.396. The number of ether oxygens (including phenoxy) is 2. The van der Waals surface area contributed by atoms with Gasteiger partial charge < -0.3 is 13.9 Å². The van der Waals surface area contributed by atoms with Crippen molar-refractivity contribution < 1.29 is 27.1 Å². The SMILES string of the molecule is COCCOC(=O)c1c(C)oc2cc(C)c(NS(=O)(=O)c3ccc(Br)cc3)cc12. The molecule has 0 radical (unpaired) electrons. The maximum absolute atomic E-state index is 12.7. The third-order valence-electron chi connectivity index (χ3n) is 4.30. The van der Waals surface area contributed by atoms with E-state index >= 15 is 0 Å². The van der Waals surface area contributed by atoms with E-state index in [1.165, 1.54) is 19.2 Å². The average Bonchev–Trinajstić information content (AvgIpc) is 2.97. The number of nitrogens with one attached hydrogen (secondary N) is 1. The lowest BCUT2D eigenvalue weighted by Crippen LogP contribution is -2.14. The monoisotopic (exact) mass is 481 g/mol. The summed E-state index contributed by atoms with van der Waals surface area (Å²) in [5.41, 5.74) is 1.75. The van der Waals surface area contributed by atoms with E-state index in [0.29, 0.717) is 28.0 Å². The molecule has 0 aliphatic rings. The Morgan fingerprint density at radius 3 is 2.48 bits per heavy atom. The second-order valence-corrected chi connectivity index (χ2v) is 8.98. The minimum Gasteiger partial charge on any atom is -0.460 e. The van der Waals surface area contributed by atoms with Crippen LogP contribution in [0.5, 0.6) is 0 Å². The normalized spacial score (nSPS) is 11.6. The number of esters is 1. The molecule has 0 saturated heterocycles. The first-order valence-corrected chi connectivity index (χ1v) is 11.0. The third kappa shape index (κ3) is 4.63. The highest BCUT2D eigenvalue weighted by Gasteiger charge is 2.22. The maximum Gasteiger partial charge on any atom is 0.342 e. The maximum atomic E-state index is 12.7. The Kier molecular flexibility index (Phi) is 6.30. The highest BCUT2D eigenvalue weighted by molar-refractivity contribution is 9.10. The average molecular weight is 482 g/mol. The smallest absolute Gasteiger partial charge is 0.342 e. The number of benzene rings is 2. The Bertz CT molecular complexity index is 1150. The van der Waals surface area contributed by atoms with Crippen LogP contribution in [0, 0.1) is 13.8 Å². The lowest BCUT2D eigenvalue weighted by molar-refractivity contribution is 0.0388. The fraction of sp³-hybridized carbons (Fsp3) is 0.250. The molecule has 3 aromatic rings. The number of aryl methyl sites for hydroxylation is 2. The number of hydrogen-bond donors (Lipinski definition) is 1. The molecular formula is C20H20BrNO6S. The predicted octanol–water partition coefficient (Wildman–Crippen LogP) is 4.42. The molecule has 0 amide bonds. The van der Waals surface area contributed by atoms with E-state index < -0.39 is 16.0 Å². The third-order valence-corrected chi connectivity index (χ3v) is 6.21. The number of furan rings is 1. The molecule has 29 heavy (non-hydrogen) atoms. The van der Waals surface area contributed by atoms with Crippen LogP contribution in [0.25, 0.3) is 11.0 Å². The van der Waals surface area contributed by atoms with E-state index in [-0.39, 0.29) is 23.7 Å². The molecule has 3 rings (SSSR count). The van der Waals surface area contributed by atoms with Crippen LogP contribution < -0.4 is 4.72 Å². The first-order chi connectivity index (χ1) is 13.7. The van der Waals surface area contributed by atoms with Crippen LogP contribution in [0.1, 0.15) is 21.7 Å². The van der Waals surface area contributed by atoms with Crippen molar-refractivity contribution in [2.75, 3.05) is 25.0 Å². The van der Waals surface area contributed by atoms with Crippen LogP contribution >= 0.6 is 15.9 Å². The summed E-state index contributed by atoms with van der Waals surface area (Å²) in [5, 5.41) is 0.476. The molecule has 1 aromatic heterocycles. The highest BCUT2D eigenvalue weighted by atomic mass is 79.9. The Morgan fingerprint density at radius 1 is 1.14 bits per heavy atom. The zero-order valence-corrected chi connectivity index (χ0v) is 18.5. The molecule has 0 saturated carbocycles. The Morgan fingerprint density at radius 2 is 1.83 bits per heavy atom. The number of methoxy groups -OCH3 is 1. The number of carbonyl (C=O) groups excluding carboxylic acids is 1. The highest BCUT2D eigenvalue weighted by Crippen LogP contribution is 2.32. The van der Waals surface area contributed by atoms with Crippen LogP contribution in [0.3, 0.4) is 0 Å². The number of halogens is 1. The van der Waals surface area contributed by atoms with E-state index in [1.807, 2.05) is 0 Å². The van der Waals surface area contributed by atoms with E-state index in [0.717, 1.165) is 4.47 Å². The van der Waals surface area contributed by atoms with Crippen molar-refractivity contribution in [2.24, 2.45) is 0 Å². The molecule has 2 aromatic carbocycles. The van der Waals surface area contributed by atoms with Gasteiger partial charge in [-0.2, -0.15) is 0 Å². The van der Waals surface area contributed by atoms with Crippen molar-refractivity contribution in [3.05, 3.63) is 57.8 Å². The summed E-state index contributed by atoms with van der Waals surface area (Å²) in [7, 11) is -2.29. The number of carbonyl (C=O) groups is 1. The lowest BCUT2D eigenvalue weighted by Gasteiger charge is -2.11. The molecular weight excluding hydrogens is 462 g/mol.